The zero-order chi connectivity index (χ0) is 16.6. The van der Waals surface area contributed by atoms with Gasteiger partial charge in [-0.3, -0.25) is 0 Å². The van der Waals surface area contributed by atoms with Gasteiger partial charge < -0.3 is 16.0 Å². The van der Waals surface area contributed by atoms with Crippen molar-refractivity contribution in [2.75, 3.05) is 6.54 Å². The molecule has 3 rings (SSSR count). The van der Waals surface area contributed by atoms with Crippen LogP contribution in [0, 0.1) is 0 Å². The summed E-state index contributed by atoms with van der Waals surface area (Å²) < 4.78 is 43.1. The number of alkyl halides is 3. The van der Waals surface area contributed by atoms with Crippen molar-refractivity contribution in [3.63, 3.8) is 0 Å². The van der Waals surface area contributed by atoms with Crippen molar-refractivity contribution in [2.24, 2.45) is 11.5 Å². The summed E-state index contributed by atoms with van der Waals surface area (Å²) in [6, 6.07) is 5.45. The molecule has 3 aromatic rings. The van der Waals surface area contributed by atoms with Gasteiger partial charge in [0.2, 0.25) is 0 Å². The minimum Gasteiger partial charge on any atom is -0.356 e. The summed E-state index contributed by atoms with van der Waals surface area (Å²) in [4.78, 5) is 8.13. The molecular formula is C14H12F3N5O. The van der Waals surface area contributed by atoms with Gasteiger partial charge in [0.15, 0.2) is 11.3 Å². The zero-order valence-corrected chi connectivity index (χ0v) is 11.7. The monoisotopic (exact) mass is 323 g/mol. The van der Waals surface area contributed by atoms with Crippen molar-refractivity contribution < 1.29 is 17.7 Å². The summed E-state index contributed by atoms with van der Waals surface area (Å²) >= 11 is 0. The number of aromatic nitrogens is 3. The Morgan fingerprint density at radius 1 is 1.17 bits per heavy atom. The van der Waals surface area contributed by atoms with E-state index in [2.05, 4.69) is 15.1 Å². The van der Waals surface area contributed by atoms with Gasteiger partial charge in [-0.05, 0) is 18.2 Å². The lowest BCUT2D eigenvalue weighted by molar-refractivity contribution is -0.141. The summed E-state index contributed by atoms with van der Waals surface area (Å²) in [5.74, 6) is 0. The van der Waals surface area contributed by atoms with E-state index in [1.54, 1.807) is 6.07 Å². The fourth-order valence-corrected chi connectivity index (χ4v) is 2.16. The van der Waals surface area contributed by atoms with Crippen LogP contribution in [0.4, 0.5) is 13.2 Å². The number of hydrogen-bond acceptors (Lipinski definition) is 6. The SMILES string of the molecule is NCC(N)c1cc(-c2ccc3c(C(F)(F)F)noc3c2)ncn1. The Labute approximate surface area is 128 Å². The van der Waals surface area contributed by atoms with Crippen LogP contribution in [-0.2, 0) is 6.18 Å². The average Bonchev–Trinajstić information content (AvgIpc) is 2.97. The van der Waals surface area contributed by atoms with Crippen molar-refractivity contribution in [2.45, 2.75) is 12.2 Å². The smallest absolute Gasteiger partial charge is 0.356 e. The maximum Gasteiger partial charge on any atom is 0.437 e. The Bertz CT molecular complexity index is 846. The van der Waals surface area contributed by atoms with Gasteiger partial charge in [-0.25, -0.2) is 9.97 Å². The first-order valence-electron chi connectivity index (χ1n) is 6.64. The summed E-state index contributed by atoms with van der Waals surface area (Å²) in [7, 11) is 0. The van der Waals surface area contributed by atoms with Gasteiger partial charge in [0.25, 0.3) is 0 Å². The molecule has 23 heavy (non-hydrogen) atoms. The number of hydrogen-bond donors (Lipinski definition) is 2. The third kappa shape index (κ3) is 2.88. The molecule has 0 saturated carbocycles. The highest BCUT2D eigenvalue weighted by atomic mass is 19.4. The molecule has 0 aliphatic carbocycles. The summed E-state index contributed by atoms with van der Waals surface area (Å²) in [6.45, 7) is 0.215. The highest BCUT2D eigenvalue weighted by Gasteiger charge is 2.37. The van der Waals surface area contributed by atoms with Crippen molar-refractivity contribution in [1.29, 1.82) is 0 Å². The number of fused-ring (bicyclic) bond motifs is 1. The van der Waals surface area contributed by atoms with E-state index in [-0.39, 0.29) is 17.5 Å². The number of nitrogens with two attached hydrogens (primary N) is 2. The lowest BCUT2D eigenvalue weighted by Gasteiger charge is -2.09. The molecule has 120 valence electrons. The fraction of sp³-hybridized carbons (Fsp3) is 0.214. The predicted octanol–water partition coefficient (Wildman–Crippen LogP) is 2.26. The van der Waals surface area contributed by atoms with E-state index in [0.29, 0.717) is 17.0 Å². The van der Waals surface area contributed by atoms with E-state index in [0.717, 1.165) is 0 Å². The molecule has 6 nitrogen and oxygen atoms in total. The molecule has 4 N–H and O–H groups in total. The Morgan fingerprint density at radius 3 is 2.65 bits per heavy atom. The molecule has 0 saturated heterocycles. The second kappa shape index (κ2) is 5.60. The maximum absolute atomic E-state index is 12.8. The van der Waals surface area contributed by atoms with Gasteiger partial charge in [-0.1, -0.05) is 11.2 Å². The number of halogens is 3. The second-order valence-corrected chi connectivity index (χ2v) is 4.91. The topological polar surface area (TPSA) is 104 Å². The minimum absolute atomic E-state index is 0.0260. The van der Waals surface area contributed by atoms with E-state index in [9.17, 15) is 13.2 Å². The van der Waals surface area contributed by atoms with Gasteiger partial charge >= 0.3 is 6.18 Å². The van der Waals surface area contributed by atoms with Gasteiger partial charge in [-0.2, -0.15) is 13.2 Å². The largest absolute Gasteiger partial charge is 0.437 e. The molecule has 0 aliphatic rings. The normalized spacial score (nSPS) is 13.4. The highest BCUT2D eigenvalue weighted by molar-refractivity contribution is 5.84. The van der Waals surface area contributed by atoms with E-state index < -0.39 is 17.9 Å². The highest BCUT2D eigenvalue weighted by Crippen LogP contribution is 2.35. The standard InChI is InChI=1S/C14H12F3N5O/c15-14(16,17)13-8-2-1-7(3-12(8)23-22-13)10-4-11(9(19)5-18)21-6-20-10/h1-4,6,9H,5,18-19H2. The lowest BCUT2D eigenvalue weighted by atomic mass is 10.1. The van der Waals surface area contributed by atoms with E-state index in [1.807, 2.05) is 0 Å². The number of rotatable bonds is 3. The maximum atomic E-state index is 12.8. The molecule has 0 amide bonds. The predicted molar refractivity (Wildman–Crippen MR) is 76.0 cm³/mol. The quantitative estimate of drug-likeness (QED) is 0.766. The first-order valence-corrected chi connectivity index (χ1v) is 6.64. The minimum atomic E-state index is -4.57. The van der Waals surface area contributed by atoms with E-state index >= 15 is 0 Å². The first kappa shape index (κ1) is 15.4. The van der Waals surface area contributed by atoms with Crippen LogP contribution in [0.5, 0.6) is 0 Å². The van der Waals surface area contributed by atoms with E-state index in [4.69, 9.17) is 16.0 Å². The van der Waals surface area contributed by atoms with Crippen LogP contribution in [0.15, 0.2) is 35.1 Å². The molecule has 0 radical (unpaired) electrons. The summed E-state index contributed by atoms with van der Waals surface area (Å²) in [6.07, 6.45) is -3.24. The molecule has 2 heterocycles. The van der Waals surface area contributed by atoms with Gasteiger partial charge in [0.05, 0.1) is 22.8 Å². The van der Waals surface area contributed by atoms with Crippen LogP contribution in [0.1, 0.15) is 17.4 Å². The lowest BCUT2D eigenvalue weighted by Crippen LogP contribution is -2.21. The van der Waals surface area contributed by atoms with Gasteiger partial charge in [0.1, 0.15) is 6.33 Å². The second-order valence-electron chi connectivity index (χ2n) is 4.91. The Morgan fingerprint density at radius 2 is 1.96 bits per heavy atom. The van der Waals surface area contributed by atoms with Crippen molar-refractivity contribution in [1.82, 2.24) is 15.1 Å². The van der Waals surface area contributed by atoms with Crippen molar-refractivity contribution in [3.05, 3.63) is 42.0 Å². The molecular weight excluding hydrogens is 311 g/mol. The first-order chi connectivity index (χ1) is 10.9. The number of benzene rings is 1. The molecule has 2 aromatic heterocycles. The molecule has 0 spiro atoms. The van der Waals surface area contributed by atoms with Gasteiger partial charge in [0, 0.05) is 12.1 Å². The third-order valence-corrected chi connectivity index (χ3v) is 3.36. The summed E-state index contributed by atoms with van der Waals surface area (Å²) in [5.41, 5.74) is 11.9. The average molecular weight is 323 g/mol. The van der Waals surface area contributed by atoms with Gasteiger partial charge in [-0.15, -0.1) is 0 Å². The molecule has 1 unspecified atom stereocenters. The molecule has 0 fully saturated rings. The number of nitrogens with zero attached hydrogens (tertiary/aromatic N) is 3. The zero-order valence-electron chi connectivity index (χ0n) is 11.7. The van der Waals surface area contributed by atoms with Crippen LogP contribution in [0.3, 0.4) is 0 Å². The van der Waals surface area contributed by atoms with Crippen molar-refractivity contribution in [3.8, 4) is 11.3 Å². The molecule has 1 aromatic carbocycles. The molecule has 0 bridgehead atoms. The third-order valence-electron chi connectivity index (χ3n) is 3.36. The van der Waals surface area contributed by atoms with Crippen LogP contribution < -0.4 is 11.5 Å². The molecule has 9 heteroatoms. The Balaban J connectivity index is 2.05. The molecule has 0 aliphatic heterocycles. The van der Waals surface area contributed by atoms with Crippen LogP contribution >= 0.6 is 0 Å². The summed E-state index contributed by atoms with van der Waals surface area (Å²) in [5, 5.41) is 2.99. The van der Waals surface area contributed by atoms with E-state index in [1.165, 1.54) is 24.5 Å². The fourth-order valence-electron chi connectivity index (χ4n) is 2.16. The van der Waals surface area contributed by atoms with Crippen LogP contribution in [0.25, 0.3) is 22.2 Å². The van der Waals surface area contributed by atoms with Crippen LogP contribution in [0.2, 0.25) is 0 Å². The van der Waals surface area contributed by atoms with Crippen molar-refractivity contribution >= 4 is 11.0 Å². The molecule has 1 atom stereocenters. The Kier molecular flexibility index (Phi) is 3.74. The Hall–Kier alpha value is -2.52. The van der Waals surface area contributed by atoms with Crippen LogP contribution in [-0.4, -0.2) is 21.7 Å².